The zero-order valence-corrected chi connectivity index (χ0v) is 18.5. The first-order valence-corrected chi connectivity index (χ1v) is 11.9. The summed E-state index contributed by atoms with van der Waals surface area (Å²) in [6, 6.07) is 18.0. The third-order valence-corrected chi connectivity index (χ3v) is 7.65. The Morgan fingerprint density at radius 3 is 2.12 bits per heavy atom. The molecule has 4 aliphatic rings. The number of benzene rings is 2. The second-order valence-electron chi connectivity index (χ2n) is 10.1. The van der Waals surface area contributed by atoms with Crippen molar-refractivity contribution in [3.05, 3.63) is 65.7 Å². The van der Waals surface area contributed by atoms with Crippen LogP contribution in [0.25, 0.3) is 0 Å². The molecule has 2 amide bonds. The van der Waals surface area contributed by atoms with Gasteiger partial charge in [-0.2, -0.15) is 0 Å². The Bertz CT molecular complexity index is 919. The highest BCUT2D eigenvalue weighted by Gasteiger charge is 2.51. The van der Waals surface area contributed by atoms with Crippen molar-refractivity contribution in [1.29, 1.82) is 0 Å². The van der Waals surface area contributed by atoms with Gasteiger partial charge in [0.25, 0.3) is 0 Å². The Balaban J connectivity index is 1.07. The fourth-order valence-electron chi connectivity index (χ4n) is 6.65. The molecule has 4 bridgehead atoms. The maximum Gasteiger partial charge on any atom is 0.407 e. The summed E-state index contributed by atoms with van der Waals surface area (Å²) in [5.74, 6) is 2.66. The average Bonchev–Trinajstić information content (AvgIpc) is 2.78. The van der Waals surface area contributed by atoms with Gasteiger partial charge in [0.05, 0.1) is 0 Å². The van der Waals surface area contributed by atoms with E-state index in [4.69, 9.17) is 4.74 Å². The molecule has 0 aromatic heterocycles. The quantitative estimate of drug-likeness (QED) is 0.615. The highest BCUT2D eigenvalue weighted by molar-refractivity contribution is 5.91. The van der Waals surface area contributed by atoms with Gasteiger partial charge < -0.3 is 15.4 Å². The van der Waals surface area contributed by atoms with Crippen molar-refractivity contribution < 1.29 is 14.3 Å². The van der Waals surface area contributed by atoms with Crippen molar-refractivity contribution in [1.82, 2.24) is 5.32 Å². The van der Waals surface area contributed by atoms with E-state index in [-0.39, 0.29) is 25.5 Å². The summed E-state index contributed by atoms with van der Waals surface area (Å²) in [7, 11) is 0. The van der Waals surface area contributed by atoms with Crippen LogP contribution in [-0.2, 0) is 21.6 Å². The lowest BCUT2D eigenvalue weighted by molar-refractivity contribution is -0.116. The van der Waals surface area contributed by atoms with Crippen LogP contribution in [0.15, 0.2) is 54.6 Å². The van der Waals surface area contributed by atoms with Gasteiger partial charge in [0.1, 0.15) is 6.61 Å². The van der Waals surface area contributed by atoms with E-state index < -0.39 is 6.09 Å². The summed E-state index contributed by atoms with van der Waals surface area (Å²) >= 11 is 0. The van der Waals surface area contributed by atoms with Gasteiger partial charge in [-0.1, -0.05) is 42.5 Å². The Hall–Kier alpha value is -2.82. The van der Waals surface area contributed by atoms with E-state index >= 15 is 0 Å². The number of hydrogen-bond acceptors (Lipinski definition) is 3. The van der Waals surface area contributed by atoms with E-state index in [0.717, 1.165) is 29.0 Å². The highest BCUT2D eigenvalue weighted by Crippen LogP contribution is 2.60. The molecule has 0 heterocycles. The molecule has 0 aliphatic heterocycles. The minimum Gasteiger partial charge on any atom is -0.445 e. The topological polar surface area (TPSA) is 67.4 Å². The number of carbonyl (C=O) groups is 2. The van der Waals surface area contributed by atoms with Crippen molar-refractivity contribution in [3.8, 4) is 0 Å². The van der Waals surface area contributed by atoms with Crippen LogP contribution in [0.4, 0.5) is 10.5 Å². The molecular weight excluding hydrogens is 400 g/mol. The zero-order valence-electron chi connectivity index (χ0n) is 18.5. The normalized spacial score (nSPS) is 27.7. The minimum absolute atomic E-state index is 0.115. The molecule has 0 unspecified atom stereocenters. The van der Waals surface area contributed by atoms with Crippen LogP contribution in [0.3, 0.4) is 0 Å². The fraction of sp³-hybridized carbons (Fsp3) is 0.481. The van der Waals surface area contributed by atoms with Crippen molar-refractivity contribution in [2.45, 2.75) is 57.0 Å². The van der Waals surface area contributed by atoms with Gasteiger partial charge in [-0.05, 0) is 85.0 Å². The number of alkyl carbamates (subject to hydrolysis) is 1. The summed E-state index contributed by atoms with van der Waals surface area (Å²) in [6.45, 7) is 0.458. The molecule has 0 spiro atoms. The molecule has 2 aromatic rings. The summed E-state index contributed by atoms with van der Waals surface area (Å²) in [5.41, 5.74) is 3.58. The number of nitrogens with one attached hydrogen (secondary N) is 2. The molecule has 4 saturated carbocycles. The molecule has 0 saturated heterocycles. The van der Waals surface area contributed by atoms with E-state index in [1.807, 2.05) is 42.5 Å². The lowest BCUT2D eigenvalue weighted by atomic mass is 9.48. The predicted octanol–water partition coefficient (Wildman–Crippen LogP) is 5.41. The maximum atomic E-state index is 12.3. The van der Waals surface area contributed by atoms with Crippen LogP contribution >= 0.6 is 0 Å². The summed E-state index contributed by atoms with van der Waals surface area (Å²) in [4.78, 5) is 24.1. The van der Waals surface area contributed by atoms with Crippen LogP contribution in [0.1, 0.15) is 56.1 Å². The van der Waals surface area contributed by atoms with Crippen molar-refractivity contribution in [2.24, 2.45) is 17.8 Å². The minimum atomic E-state index is -0.512. The van der Waals surface area contributed by atoms with Crippen LogP contribution in [-0.4, -0.2) is 18.5 Å². The molecule has 168 valence electrons. The molecule has 4 fully saturated rings. The molecule has 32 heavy (non-hydrogen) atoms. The molecule has 6 rings (SSSR count). The number of anilines is 1. The standard InChI is InChI=1S/C27H32N2O3/c30-25(10-11-28-26(31)32-18-19-4-2-1-3-5-19)29-24-8-6-23(7-9-24)27-15-20-12-21(16-27)14-22(13-20)17-27/h1-9,20-22H,10-18H2,(H,28,31)(H,29,30). The lowest BCUT2D eigenvalue weighted by Crippen LogP contribution is -2.48. The predicted molar refractivity (Wildman–Crippen MR) is 124 cm³/mol. The van der Waals surface area contributed by atoms with Crippen molar-refractivity contribution >= 4 is 17.7 Å². The van der Waals surface area contributed by atoms with Gasteiger partial charge in [-0.3, -0.25) is 4.79 Å². The Morgan fingerprint density at radius 2 is 1.50 bits per heavy atom. The molecule has 5 nitrogen and oxygen atoms in total. The monoisotopic (exact) mass is 432 g/mol. The Kier molecular flexibility index (Phi) is 5.90. The first kappa shape index (κ1) is 21.0. The van der Waals surface area contributed by atoms with Crippen LogP contribution in [0.5, 0.6) is 0 Å². The Morgan fingerprint density at radius 1 is 0.875 bits per heavy atom. The number of carbonyl (C=O) groups excluding carboxylic acids is 2. The largest absolute Gasteiger partial charge is 0.445 e. The van der Waals surface area contributed by atoms with E-state index in [2.05, 4.69) is 22.8 Å². The third-order valence-electron chi connectivity index (χ3n) is 7.65. The average molecular weight is 433 g/mol. The number of hydrogen-bond donors (Lipinski definition) is 2. The smallest absolute Gasteiger partial charge is 0.407 e. The molecule has 2 N–H and O–H groups in total. The maximum absolute atomic E-state index is 12.3. The number of ether oxygens (including phenoxy) is 1. The first-order chi connectivity index (χ1) is 15.6. The van der Waals surface area contributed by atoms with Crippen molar-refractivity contribution in [2.75, 3.05) is 11.9 Å². The summed E-state index contributed by atoms with van der Waals surface area (Å²) in [5, 5.41) is 5.57. The molecule has 5 heteroatoms. The number of rotatable bonds is 7. The molecule has 0 radical (unpaired) electrons. The zero-order chi connectivity index (χ0) is 22.0. The second kappa shape index (κ2) is 8.97. The molecule has 2 aromatic carbocycles. The Labute approximate surface area is 189 Å². The van der Waals surface area contributed by atoms with E-state index in [9.17, 15) is 9.59 Å². The van der Waals surface area contributed by atoms with Gasteiger partial charge in [0.2, 0.25) is 5.91 Å². The fourth-order valence-corrected chi connectivity index (χ4v) is 6.65. The summed E-state index contributed by atoms with van der Waals surface area (Å²) < 4.78 is 5.16. The van der Waals surface area contributed by atoms with Gasteiger partial charge >= 0.3 is 6.09 Å². The SMILES string of the molecule is O=C(CCNC(=O)OCc1ccccc1)Nc1ccc(C23CC4CC(CC(C4)C2)C3)cc1. The van der Waals surface area contributed by atoms with Crippen LogP contribution < -0.4 is 10.6 Å². The van der Waals surface area contributed by atoms with Gasteiger partial charge in [0, 0.05) is 18.7 Å². The molecular formula is C27H32N2O3. The second-order valence-corrected chi connectivity index (χ2v) is 10.1. The van der Waals surface area contributed by atoms with E-state index in [1.54, 1.807) is 0 Å². The van der Waals surface area contributed by atoms with Crippen LogP contribution in [0.2, 0.25) is 0 Å². The molecule has 4 aliphatic carbocycles. The van der Waals surface area contributed by atoms with Crippen molar-refractivity contribution in [3.63, 3.8) is 0 Å². The van der Waals surface area contributed by atoms with Gasteiger partial charge in [0.15, 0.2) is 0 Å². The highest BCUT2D eigenvalue weighted by atomic mass is 16.5. The third kappa shape index (κ3) is 4.67. The number of amides is 2. The van der Waals surface area contributed by atoms with Gasteiger partial charge in [-0.15, -0.1) is 0 Å². The van der Waals surface area contributed by atoms with E-state index in [1.165, 1.54) is 44.1 Å². The summed E-state index contributed by atoms with van der Waals surface area (Å²) in [6.07, 6.45) is 8.06. The lowest BCUT2D eigenvalue weighted by Gasteiger charge is -2.57. The van der Waals surface area contributed by atoms with E-state index in [0.29, 0.717) is 5.41 Å². The molecule has 0 atom stereocenters. The van der Waals surface area contributed by atoms with Gasteiger partial charge in [-0.25, -0.2) is 4.79 Å². The van der Waals surface area contributed by atoms with Crippen LogP contribution in [0, 0.1) is 17.8 Å². The first-order valence-electron chi connectivity index (χ1n) is 11.9.